The van der Waals surface area contributed by atoms with Crippen molar-refractivity contribution >= 4 is 122 Å². The van der Waals surface area contributed by atoms with Crippen molar-refractivity contribution < 1.29 is 145 Å². The molecule has 4 saturated heterocycles. The smallest absolute Gasteiger partial charge is 0.379 e. The third-order valence-electron chi connectivity index (χ3n) is 20.4. The van der Waals surface area contributed by atoms with Crippen molar-refractivity contribution in [3.8, 4) is 0 Å². The number of hydrogen-bond donors (Lipinski definition) is 9. The molecule has 24 nitrogen and oxygen atoms in total. The number of rotatable bonds is 29. The van der Waals surface area contributed by atoms with Crippen LogP contribution < -0.4 is 11.1 Å². The van der Waals surface area contributed by atoms with Crippen LogP contribution in [0.1, 0.15) is 133 Å². The van der Waals surface area contributed by atoms with Gasteiger partial charge in [-0.1, -0.05) is 115 Å². The van der Waals surface area contributed by atoms with Gasteiger partial charge in [-0.2, -0.15) is 35.1 Å². The third kappa shape index (κ3) is 29.4. The van der Waals surface area contributed by atoms with Gasteiger partial charge in [0.2, 0.25) is 29.5 Å². The zero-order valence-corrected chi connectivity index (χ0v) is 77.2. The number of aliphatic hydroxyl groups is 2. The van der Waals surface area contributed by atoms with Crippen LogP contribution in [0.15, 0.2) is 175 Å². The number of carbonyl (C=O) groups is 1. The van der Waals surface area contributed by atoms with E-state index in [1.165, 1.54) is 23.8 Å². The lowest BCUT2D eigenvalue weighted by atomic mass is 9.80. The average molecular weight is 1990 g/mol. The molecule has 0 spiro atoms. The van der Waals surface area contributed by atoms with Crippen LogP contribution in [-0.2, 0) is 64.1 Å². The number of halogens is 16. The number of carbonyl (C=O) groups excluding carboxylic acids is 1. The lowest BCUT2D eigenvalue weighted by molar-refractivity contribution is -0.121. The molecule has 716 valence electrons. The first-order valence-electron chi connectivity index (χ1n) is 38.6. The summed E-state index contributed by atoms with van der Waals surface area (Å²) < 4.78 is 281. The van der Waals surface area contributed by atoms with Crippen molar-refractivity contribution in [3.63, 3.8) is 0 Å². The summed E-state index contributed by atoms with van der Waals surface area (Å²) in [5.41, 5.74) is 5.11. The Bertz CT molecular complexity index is 4820. The number of nitrogens with one attached hydrogen (secondary N) is 1. The molecular formula is C78H106B4Cl2F14N6O18S6. The Hall–Kier alpha value is -5.25. The molecule has 6 aromatic carbocycles. The van der Waals surface area contributed by atoms with Crippen molar-refractivity contribution in [1.29, 1.82) is 0 Å². The van der Waals surface area contributed by atoms with E-state index >= 15 is 0 Å². The monoisotopic (exact) mass is 1990 g/mol. The van der Waals surface area contributed by atoms with Gasteiger partial charge in [0.25, 0.3) is 11.7 Å². The predicted octanol–water partition coefficient (Wildman–Crippen LogP) is 13.9. The Morgan fingerprint density at radius 2 is 0.734 bits per heavy atom. The van der Waals surface area contributed by atoms with Gasteiger partial charge in [0.15, 0.2) is 4.84 Å². The molecule has 1 unspecified atom stereocenters. The molecule has 4 heterocycles. The number of sulfone groups is 3. The van der Waals surface area contributed by atoms with E-state index in [4.69, 9.17) is 47.9 Å². The maximum Gasteiger partial charge on any atom is 0.379 e. The molecule has 0 aromatic heterocycles. The van der Waals surface area contributed by atoms with Crippen LogP contribution in [-0.4, -0.2) is 246 Å². The fraction of sp³-hybridized carbons (Fsp3) is 0.526. The van der Waals surface area contributed by atoms with Gasteiger partial charge in [0, 0.05) is 31.7 Å². The average Bonchev–Trinajstić information content (AvgIpc) is 1.63. The Balaban J connectivity index is 0.000000322. The number of aliphatic hydroxyl groups excluding tert-OH is 2. The molecule has 0 radical (unpaired) electrons. The zero-order valence-electron chi connectivity index (χ0n) is 70.7. The Morgan fingerprint density at radius 1 is 0.477 bits per heavy atom. The summed E-state index contributed by atoms with van der Waals surface area (Å²) in [6.07, 6.45) is -3.42. The number of benzene rings is 6. The van der Waals surface area contributed by atoms with E-state index in [-0.39, 0.29) is 24.7 Å². The zero-order chi connectivity index (χ0) is 96.5. The highest BCUT2D eigenvalue weighted by molar-refractivity contribution is 7.99. The standard InChI is InChI=1S/C14H19BF3NO4S.C14H19BF3NO2S.C14H21BFNO3S.C13H19BFNO2S.C12H12Cl2F3NO4S.C10H12F3NO3S.CH4/c1-14(2)19(15(3)20)11(8-16)12(23-14)9-4-6-10(7-5-9)24(21,22)13(17)18;1-14(2)19(15(3)20)11(8-16)12(21-14)9-4-6-10(7-5-9)22-13(17)18;1-14(2)17(15(3)18)12(9-16)13(20-14)10-5-7-11(8-6-10)21(4)19;1-13(2)16(14(3)17)11(8-15)12(18-13)9-4-6-10(19)7-5-9;13-10(14)11(20)18-8(5-15)9(19)6-1-3-7(4-2-6)23(21,22)12(16)17;11-5-8(14)9(15)6-1-3-7(4-2-6)18(16,17)10(12)13;/h4-7,11-13,20H,8H2,1-3H3;4-7,11-13,20H,8H2,1-3H3;5-8,12-13,18H,9H2,1-4H3;4-7,11-12,17,19H,8H2,1-3H3;1-4,8-10,12,19H,5H2,(H,18,20);1-4,8-10,15H,5,14H2;1H4/t2*11-,12-;12-,13-,21?;11-,12-;2*8-,9-;/m111111./s1. The lowest BCUT2D eigenvalue weighted by Gasteiger charge is -2.33. The summed E-state index contributed by atoms with van der Waals surface area (Å²) >= 11 is 15.3. The number of alkyl halides is 16. The minimum Gasteiger partial charge on any atom is -0.437 e. The van der Waals surface area contributed by atoms with Gasteiger partial charge in [-0.25, -0.2) is 51.6 Å². The molecule has 0 aliphatic carbocycles. The second kappa shape index (κ2) is 49.3. The van der Waals surface area contributed by atoms with Gasteiger partial charge >= 0.3 is 45.5 Å². The van der Waals surface area contributed by atoms with E-state index in [1.807, 2.05) is 64.1 Å². The van der Waals surface area contributed by atoms with E-state index in [1.54, 1.807) is 105 Å². The molecule has 0 bridgehead atoms. The fourth-order valence-corrected chi connectivity index (χ4v) is 18.4. The number of ether oxygens (including phenoxy) is 4. The van der Waals surface area contributed by atoms with Crippen LogP contribution in [0.2, 0.25) is 27.3 Å². The Morgan fingerprint density at radius 3 is 0.969 bits per heavy atom. The molecule has 50 heteroatoms. The second-order valence-corrected chi connectivity index (χ2v) is 40.8. The number of thiol groups is 1. The van der Waals surface area contributed by atoms with Crippen LogP contribution in [0.4, 0.5) is 61.5 Å². The third-order valence-corrected chi connectivity index (χ3v) is 27.0. The molecule has 4 aliphatic heterocycles. The molecule has 10 rings (SSSR count). The second-order valence-electron chi connectivity index (χ2n) is 30.9. The number of thioether (sulfide) groups is 1. The van der Waals surface area contributed by atoms with E-state index in [2.05, 4.69) is 17.9 Å². The highest BCUT2D eigenvalue weighted by atomic mass is 35.5. The largest absolute Gasteiger partial charge is 0.437 e. The van der Waals surface area contributed by atoms with E-state index in [9.17, 15) is 126 Å². The molecule has 4 fully saturated rings. The summed E-state index contributed by atoms with van der Waals surface area (Å²) in [6, 6.07) is 28.7. The molecule has 6 aromatic rings. The highest BCUT2D eigenvalue weighted by Crippen LogP contribution is 2.47. The summed E-state index contributed by atoms with van der Waals surface area (Å²) in [5.74, 6) is -14.0. The van der Waals surface area contributed by atoms with Gasteiger partial charge in [0.1, 0.15) is 93.5 Å². The maximum atomic E-state index is 13.5. The predicted molar refractivity (Wildman–Crippen MR) is 467 cm³/mol. The van der Waals surface area contributed by atoms with Gasteiger partial charge in [-0.3, -0.25) is 28.2 Å². The topological polar surface area (TPSA) is 346 Å². The van der Waals surface area contributed by atoms with Crippen molar-refractivity contribution in [1.82, 2.24) is 24.6 Å². The van der Waals surface area contributed by atoms with Gasteiger partial charge < -0.3 is 60.3 Å². The van der Waals surface area contributed by atoms with E-state index in [0.717, 1.165) is 81.6 Å². The minimum atomic E-state index is -4.77. The van der Waals surface area contributed by atoms with Crippen LogP contribution in [0.5, 0.6) is 0 Å². The van der Waals surface area contributed by atoms with E-state index < -0.39 is 247 Å². The van der Waals surface area contributed by atoms with Crippen LogP contribution in [0.3, 0.4) is 0 Å². The normalized spacial score (nSPS) is 22.1. The summed E-state index contributed by atoms with van der Waals surface area (Å²) in [6.45, 7) is 15.7. The van der Waals surface area contributed by atoms with Crippen LogP contribution in [0.25, 0.3) is 0 Å². The summed E-state index contributed by atoms with van der Waals surface area (Å²) in [5, 5.41) is 61.1. The molecule has 13 atom stereocenters. The number of amides is 1. The first kappa shape index (κ1) is 115. The van der Waals surface area contributed by atoms with Crippen molar-refractivity contribution in [3.05, 3.63) is 179 Å². The first-order chi connectivity index (χ1) is 58.8. The van der Waals surface area contributed by atoms with Crippen LogP contribution in [0, 0.1) is 0 Å². The first-order valence-corrected chi connectivity index (χ1v) is 47.0. The molecule has 9 N–H and O–H groups in total. The summed E-state index contributed by atoms with van der Waals surface area (Å²) in [4.78, 5) is 16.5. The SMILES string of the molecule is C.CB(O)N1[C@H](CF)[C@@H](c2ccc(S(=O)(=O)C(F)F)cc2)OC1(C)C.CB(O)N1[C@H](CF)[C@@H](c2ccc(S(C)=O)cc2)OC1(C)C.CB(O)N1[C@H](CF)[C@@H](c2ccc(S)cc2)OC1(C)C.CB(O)N1[C@H](CF)[C@@H](c2ccc(SC(F)F)cc2)OC1(C)C.N[C@H](CF)[C@H](O)c1ccc(S(=O)(=O)C(F)F)cc1.O=C(N[C@H](CF)[C@H](O)c1ccc(S(=O)(=O)C(F)F)cc1)C(Cl)Cl. The number of nitrogens with two attached hydrogens (primary N) is 1. The Kier molecular flexibility index (Phi) is 44.3. The highest BCUT2D eigenvalue weighted by Gasteiger charge is 2.55. The summed E-state index contributed by atoms with van der Waals surface area (Å²) in [7, 11) is -18.5. The molecule has 4 aliphatic rings. The fourth-order valence-electron chi connectivity index (χ4n) is 14.9. The van der Waals surface area contributed by atoms with Gasteiger partial charge in [-0.05, 0) is 189 Å². The molecule has 0 saturated carbocycles. The number of nitrogens with zero attached hydrogens (tertiary/aromatic N) is 4. The minimum absolute atomic E-state index is 0. The van der Waals surface area contributed by atoms with Gasteiger partial charge in [-0.15, -0.1) is 12.6 Å². The number of hydrogen-bond acceptors (Lipinski definition) is 25. The van der Waals surface area contributed by atoms with Crippen molar-refractivity contribution in [2.24, 2.45) is 5.73 Å². The van der Waals surface area contributed by atoms with Crippen molar-refractivity contribution in [2.75, 3.05) is 46.3 Å². The molecular weight excluding hydrogens is 1880 g/mol. The van der Waals surface area contributed by atoms with Gasteiger partial charge in [0.05, 0.1) is 57.0 Å². The molecule has 1 amide bonds. The Labute approximate surface area is 760 Å². The quantitative estimate of drug-likeness (QED) is 0.00692. The lowest BCUT2D eigenvalue weighted by Crippen LogP contribution is -2.52. The molecule has 128 heavy (non-hydrogen) atoms. The van der Waals surface area contributed by atoms with E-state index in [0.29, 0.717) is 27.8 Å². The van der Waals surface area contributed by atoms with Crippen molar-refractivity contribution in [2.45, 2.75) is 243 Å². The maximum absolute atomic E-state index is 13.5. The van der Waals surface area contributed by atoms with Crippen LogP contribution >= 0.6 is 47.6 Å².